The van der Waals surface area contributed by atoms with Gasteiger partial charge in [-0.15, -0.1) is 12.3 Å². The average Bonchev–Trinajstić information content (AvgIpc) is 2.23. The monoisotopic (exact) mass is 219 g/mol. The van der Waals surface area contributed by atoms with E-state index in [1.165, 1.54) is 12.1 Å². The zero-order valence-corrected chi connectivity index (χ0v) is 9.16. The van der Waals surface area contributed by atoms with Crippen LogP contribution in [0.3, 0.4) is 0 Å². The third-order valence-corrected chi connectivity index (χ3v) is 2.43. The van der Waals surface area contributed by atoms with Crippen LogP contribution in [-0.4, -0.2) is 11.8 Å². The predicted octanol–water partition coefficient (Wildman–Crippen LogP) is 1.60. The predicted molar refractivity (Wildman–Crippen MR) is 61.3 cm³/mol. The minimum Gasteiger partial charge on any atom is -0.321 e. The third-order valence-electron chi connectivity index (χ3n) is 2.43. The first-order chi connectivity index (χ1) is 7.54. The highest BCUT2D eigenvalue weighted by Crippen LogP contribution is 2.12. The van der Waals surface area contributed by atoms with Crippen molar-refractivity contribution in [3.05, 3.63) is 35.1 Å². The fourth-order valence-corrected chi connectivity index (χ4v) is 1.39. The van der Waals surface area contributed by atoms with E-state index >= 15 is 0 Å². The van der Waals surface area contributed by atoms with Crippen molar-refractivity contribution < 1.29 is 9.18 Å². The summed E-state index contributed by atoms with van der Waals surface area (Å²) in [7, 11) is 0. The van der Waals surface area contributed by atoms with E-state index in [2.05, 4.69) is 5.92 Å². The normalized spacial score (nSPS) is 11.9. The minimum atomic E-state index is -0.660. The Morgan fingerprint density at radius 3 is 2.94 bits per heavy atom. The zero-order chi connectivity index (χ0) is 12.1. The molecule has 0 saturated carbocycles. The number of aryl methyl sites for hydroxylation is 1. The molecule has 0 radical (unpaired) electrons. The molecule has 0 bridgehead atoms. The zero-order valence-electron chi connectivity index (χ0n) is 9.16. The maximum atomic E-state index is 13.0. The molecule has 0 heterocycles. The molecule has 0 fully saturated rings. The molecule has 0 aliphatic carbocycles. The third kappa shape index (κ3) is 3.18. The lowest BCUT2D eigenvalue weighted by Crippen LogP contribution is -2.31. The highest BCUT2D eigenvalue weighted by Gasteiger charge is 2.14. The second-order valence-corrected chi connectivity index (χ2v) is 3.73. The van der Waals surface area contributed by atoms with Crippen molar-refractivity contribution in [2.75, 3.05) is 0 Å². The van der Waals surface area contributed by atoms with E-state index < -0.39 is 6.04 Å². The maximum Gasteiger partial charge on any atom is 0.154 e. The van der Waals surface area contributed by atoms with E-state index in [1.807, 2.05) is 6.92 Å². The summed E-state index contributed by atoms with van der Waals surface area (Å²) in [6.45, 7) is 1.83. The van der Waals surface area contributed by atoms with Gasteiger partial charge in [-0.3, -0.25) is 4.79 Å². The Labute approximate surface area is 94.7 Å². The molecule has 0 aromatic heterocycles. The first-order valence-corrected chi connectivity index (χ1v) is 5.01. The van der Waals surface area contributed by atoms with Gasteiger partial charge in [0, 0.05) is 12.8 Å². The summed E-state index contributed by atoms with van der Waals surface area (Å²) in [5.41, 5.74) is 7.12. The molecule has 0 amide bonds. The first kappa shape index (κ1) is 12.4. The summed E-state index contributed by atoms with van der Waals surface area (Å²) < 4.78 is 13.0. The summed E-state index contributed by atoms with van der Waals surface area (Å²) in [6, 6.07) is 3.71. The number of Topliss-reactive ketones (excluding diaryl/α,β-unsaturated/α-hetero) is 1. The van der Waals surface area contributed by atoms with Crippen molar-refractivity contribution in [3.8, 4) is 12.3 Å². The number of carbonyl (C=O) groups excluding carboxylic acids is 1. The lowest BCUT2D eigenvalue weighted by Gasteiger charge is -2.09. The van der Waals surface area contributed by atoms with Crippen molar-refractivity contribution in [2.24, 2.45) is 5.73 Å². The molecular formula is C13H14FNO. The summed E-state index contributed by atoms with van der Waals surface area (Å²) in [5.74, 6) is 1.83. The molecule has 1 aromatic carbocycles. The molecule has 1 aromatic rings. The van der Waals surface area contributed by atoms with Crippen LogP contribution in [0.25, 0.3) is 0 Å². The van der Waals surface area contributed by atoms with Gasteiger partial charge in [-0.05, 0) is 30.2 Å². The van der Waals surface area contributed by atoms with Crippen LogP contribution in [0.15, 0.2) is 18.2 Å². The molecule has 3 heteroatoms. The van der Waals surface area contributed by atoms with Gasteiger partial charge in [0.1, 0.15) is 5.82 Å². The molecule has 16 heavy (non-hydrogen) atoms. The molecule has 0 saturated heterocycles. The van der Waals surface area contributed by atoms with Crippen LogP contribution in [0.5, 0.6) is 0 Å². The van der Waals surface area contributed by atoms with Gasteiger partial charge >= 0.3 is 0 Å². The average molecular weight is 219 g/mol. The van der Waals surface area contributed by atoms with Crippen molar-refractivity contribution in [1.82, 2.24) is 0 Å². The van der Waals surface area contributed by atoms with E-state index in [0.717, 1.165) is 5.56 Å². The molecule has 2 nitrogen and oxygen atoms in total. The van der Waals surface area contributed by atoms with E-state index in [9.17, 15) is 9.18 Å². The second-order valence-electron chi connectivity index (χ2n) is 3.73. The van der Waals surface area contributed by atoms with Gasteiger partial charge in [-0.2, -0.15) is 0 Å². The Morgan fingerprint density at radius 2 is 2.31 bits per heavy atom. The standard InChI is InChI=1S/C13H14FNO/c1-3-4-12(15)13(16)8-10-7-11(14)6-5-9(10)2/h1,5-7,12H,4,8,15H2,2H3. The van der Waals surface area contributed by atoms with E-state index in [-0.39, 0.29) is 24.4 Å². The Kier molecular flexibility index (Phi) is 4.21. The number of hydrogen-bond donors (Lipinski definition) is 1. The number of terminal acetylenes is 1. The Bertz CT molecular complexity index is 434. The van der Waals surface area contributed by atoms with E-state index in [0.29, 0.717) is 5.56 Å². The van der Waals surface area contributed by atoms with E-state index in [1.54, 1.807) is 6.07 Å². The van der Waals surface area contributed by atoms with Crippen LogP contribution >= 0.6 is 0 Å². The van der Waals surface area contributed by atoms with Crippen molar-refractivity contribution >= 4 is 5.78 Å². The van der Waals surface area contributed by atoms with Gasteiger partial charge in [0.25, 0.3) is 0 Å². The number of nitrogens with two attached hydrogens (primary N) is 1. The van der Waals surface area contributed by atoms with Crippen LogP contribution in [0.1, 0.15) is 17.5 Å². The van der Waals surface area contributed by atoms with Gasteiger partial charge in [0.05, 0.1) is 6.04 Å². The Balaban J connectivity index is 2.77. The summed E-state index contributed by atoms with van der Waals surface area (Å²) >= 11 is 0. The summed E-state index contributed by atoms with van der Waals surface area (Å²) in [6.07, 6.45) is 5.42. The Morgan fingerprint density at radius 1 is 1.62 bits per heavy atom. The topological polar surface area (TPSA) is 43.1 Å². The van der Waals surface area contributed by atoms with Crippen LogP contribution in [-0.2, 0) is 11.2 Å². The molecule has 1 unspecified atom stereocenters. The summed E-state index contributed by atoms with van der Waals surface area (Å²) in [4.78, 5) is 11.6. The SMILES string of the molecule is C#CCC(N)C(=O)Cc1cc(F)ccc1C. The molecule has 2 N–H and O–H groups in total. The van der Waals surface area contributed by atoms with Gasteiger partial charge < -0.3 is 5.73 Å². The second kappa shape index (κ2) is 5.43. The fraction of sp³-hybridized carbons (Fsp3) is 0.308. The number of benzene rings is 1. The van der Waals surface area contributed by atoms with Crippen LogP contribution in [0.2, 0.25) is 0 Å². The molecule has 84 valence electrons. The number of halogens is 1. The number of carbonyl (C=O) groups is 1. The van der Waals surface area contributed by atoms with Gasteiger partial charge in [0.15, 0.2) is 5.78 Å². The summed E-state index contributed by atoms with van der Waals surface area (Å²) in [5, 5.41) is 0. The first-order valence-electron chi connectivity index (χ1n) is 5.01. The van der Waals surface area contributed by atoms with Crippen molar-refractivity contribution in [3.63, 3.8) is 0 Å². The van der Waals surface area contributed by atoms with Gasteiger partial charge in [0.2, 0.25) is 0 Å². The lowest BCUT2D eigenvalue weighted by atomic mass is 9.99. The molecular weight excluding hydrogens is 205 g/mol. The van der Waals surface area contributed by atoms with Crippen LogP contribution in [0.4, 0.5) is 4.39 Å². The molecule has 0 aliphatic rings. The largest absolute Gasteiger partial charge is 0.321 e. The highest BCUT2D eigenvalue weighted by atomic mass is 19.1. The maximum absolute atomic E-state index is 13.0. The van der Waals surface area contributed by atoms with Gasteiger partial charge in [-0.1, -0.05) is 6.07 Å². The lowest BCUT2D eigenvalue weighted by molar-refractivity contribution is -0.119. The number of ketones is 1. The molecule has 0 aliphatic heterocycles. The molecule has 1 rings (SSSR count). The molecule has 1 atom stereocenters. The van der Waals surface area contributed by atoms with Crippen LogP contribution in [0, 0.1) is 25.1 Å². The van der Waals surface area contributed by atoms with E-state index in [4.69, 9.17) is 12.2 Å². The van der Waals surface area contributed by atoms with Gasteiger partial charge in [-0.25, -0.2) is 4.39 Å². The van der Waals surface area contributed by atoms with Crippen LogP contribution < -0.4 is 5.73 Å². The quantitative estimate of drug-likeness (QED) is 0.781. The number of hydrogen-bond acceptors (Lipinski definition) is 2. The number of rotatable bonds is 4. The van der Waals surface area contributed by atoms with Crippen molar-refractivity contribution in [2.45, 2.75) is 25.8 Å². The highest BCUT2D eigenvalue weighted by molar-refractivity contribution is 5.86. The Hall–Kier alpha value is -1.66. The fourth-order valence-electron chi connectivity index (χ4n) is 1.39. The molecule has 0 spiro atoms. The minimum absolute atomic E-state index is 0.131. The van der Waals surface area contributed by atoms with Crippen molar-refractivity contribution in [1.29, 1.82) is 0 Å². The smallest absolute Gasteiger partial charge is 0.154 e.